The molecule has 0 saturated carbocycles. The monoisotopic (exact) mass is 227 g/mol. The Morgan fingerprint density at radius 2 is 2.20 bits per heavy atom. The van der Waals surface area contributed by atoms with E-state index in [1.165, 1.54) is 0 Å². The predicted octanol–water partition coefficient (Wildman–Crippen LogP) is 1.71. The normalized spacial score (nSPS) is 21.3. The van der Waals surface area contributed by atoms with Gasteiger partial charge in [0.1, 0.15) is 18.5 Å². The summed E-state index contributed by atoms with van der Waals surface area (Å²) in [5.41, 5.74) is 0. The van der Waals surface area contributed by atoms with Crippen LogP contribution in [0.1, 0.15) is 0 Å². The van der Waals surface area contributed by atoms with E-state index in [-0.39, 0.29) is 6.10 Å². The van der Waals surface area contributed by atoms with E-state index in [9.17, 15) is 0 Å². The Morgan fingerprint density at radius 1 is 1.40 bits per heavy atom. The van der Waals surface area contributed by atoms with Crippen molar-refractivity contribution in [3.8, 4) is 5.75 Å². The summed E-state index contributed by atoms with van der Waals surface area (Å²) in [6.07, 6.45) is 0.148. The van der Waals surface area contributed by atoms with E-state index < -0.39 is 0 Å². The lowest BCUT2D eigenvalue weighted by Gasteiger charge is -2.23. The largest absolute Gasteiger partial charge is 0.491 e. The number of hydrogen-bond acceptors (Lipinski definition) is 3. The highest BCUT2D eigenvalue weighted by atomic mass is 35.5. The van der Waals surface area contributed by atoms with Gasteiger partial charge in [0.15, 0.2) is 0 Å². The summed E-state index contributed by atoms with van der Waals surface area (Å²) in [6.45, 7) is 3.12. The molecule has 1 N–H and O–H groups in total. The van der Waals surface area contributed by atoms with Crippen LogP contribution in [0.3, 0.4) is 0 Å². The van der Waals surface area contributed by atoms with Crippen molar-refractivity contribution in [1.29, 1.82) is 0 Å². The molecular weight excluding hydrogens is 214 g/mol. The molecule has 0 aliphatic carbocycles. The summed E-state index contributed by atoms with van der Waals surface area (Å²) in [5, 5.41) is 3.97. The van der Waals surface area contributed by atoms with Crippen molar-refractivity contribution >= 4 is 11.6 Å². The molecule has 82 valence electrons. The van der Waals surface area contributed by atoms with Gasteiger partial charge in [-0.3, -0.25) is 0 Å². The third-order valence-electron chi connectivity index (χ3n) is 2.25. The molecule has 1 aliphatic rings. The molecule has 1 fully saturated rings. The molecule has 1 aromatic carbocycles. The first-order valence-electron chi connectivity index (χ1n) is 5.05. The topological polar surface area (TPSA) is 30.5 Å². The van der Waals surface area contributed by atoms with E-state index in [2.05, 4.69) is 5.32 Å². The van der Waals surface area contributed by atoms with Crippen molar-refractivity contribution in [2.45, 2.75) is 6.10 Å². The second kappa shape index (κ2) is 5.35. The van der Waals surface area contributed by atoms with Crippen LogP contribution in [0.2, 0.25) is 5.02 Å². The molecule has 0 unspecified atom stereocenters. The molecule has 0 bridgehead atoms. The van der Waals surface area contributed by atoms with E-state index in [1.54, 1.807) is 0 Å². The van der Waals surface area contributed by atoms with Crippen LogP contribution >= 0.6 is 11.6 Å². The zero-order chi connectivity index (χ0) is 10.5. The summed E-state index contributed by atoms with van der Waals surface area (Å²) in [6, 6.07) is 7.35. The number of morpholine rings is 1. The van der Waals surface area contributed by atoms with E-state index in [0.717, 1.165) is 30.5 Å². The summed E-state index contributed by atoms with van der Waals surface area (Å²) in [4.78, 5) is 0. The summed E-state index contributed by atoms with van der Waals surface area (Å²) >= 11 is 5.77. The van der Waals surface area contributed by atoms with Crippen LogP contribution in [0, 0.1) is 0 Å². The second-order valence-electron chi connectivity index (χ2n) is 3.46. The maximum atomic E-state index is 5.77. The number of rotatable bonds is 3. The molecule has 0 spiro atoms. The van der Waals surface area contributed by atoms with Gasteiger partial charge < -0.3 is 14.8 Å². The van der Waals surface area contributed by atoms with Crippen LogP contribution < -0.4 is 10.1 Å². The fraction of sp³-hybridized carbons (Fsp3) is 0.455. The molecule has 15 heavy (non-hydrogen) atoms. The highest BCUT2D eigenvalue weighted by molar-refractivity contribution is 6.30. The van der Waals surface area contributed by atoms with Crippen LogP contribution in [0.25, 0.3) is 0 Å². The average molecular weight is 228 g/mol. The number of nitrogens with one attached hydrogen (secondary N) is 1. The maximum absolute atomic E-state index is 5.77. The Kier molecular flexibility index (Phi) is 3.83. The van der Waals surface area contributed by atoms with Crippen molar-refractivity contribution in [2.24, 2.45) is 0 Å². The van der Waals surface area contributed by atoms with Crippen LogP contribution in [0.15, 0.2) is 24.3 Å². The van der Waals surface area contributed by atoms with Crippen molar-refractivity contribution in [1.82, 2.24) is 5.32 Å². The number of benzene rings is 1. The first-order valence-corrected chi connectivity index (χ1v) is 5.43. The highest BCUT2D eigenvalue weighted by Gasteiger charge is 2.13. The van der Waals surface area contributed by atoms with Gasteiger partial charge in [-0.2, -0.15) is 0 Å². The smallest absolute Gasteiger partial charge is 0.119 e. The van der Waals surface area contributed by atoms with Crippen LogP contribution in [-0.4, -0.2) is 32.4 Å². The van der Waals surface area contributed by atoms with E-state index >= 15 is 0 Å². The van der Waals surface area contributed by atoms with Gasteiger partial charge in [0.05, 0.1) is 6.61 Å². The second-order valence-corrected chi connectivity index (χ2v) is 3.90. The summed E-state index contributed by atoms with van der Waals surface area (Å²) in [5.74, 6) is 0.827. The molecule has 1 aromatic rings. The Morgan fingerprint density at radius 3 is 2.87 bits per heavy atom. The lowest BCUT2D eigenvalue weighted by molar-refractivity contribution is 0.000197. The minimum atomic E-state index is 0.148. The average Bonchev–Trinajstić information content (AvgIpc) is 2.30. The van der Waals surface area contributed by atoms with Gasteiger partial charge in [0.25, 0.3) is 0 Å². The Hall–Kier alpha value is -0.770. The molecule has 0 aromatic heterocycles. The molecule has 4 heteroatoms. The minimum Gasteiger partial charge on any atom is -0.491 e. The summed E-state index contributed by atoms with van der Waals surface area (Å²) in [7, 11) is 0. The Labute approximate surface area is 94.3 Å². The van der Waals surface area contributed by atoms with Gasteiger partial charge >= 0.3 is 0 Å². The Balaban J connectivity index is 1.79. The number of hydrogen-bond donors (Lipinski definition) is 1. The molecule has 3 nitrogen and oxygen atoms in total. The molecule has 1 atom stereocenters. The molecule has 1 saturated heterocycles. The highest BCUT2D eigenvalue weighted by Crippen LogP contribution is 2.15. The molecule has 0 radical (unpaired) electrons. The lowest BCUT2D eigenvalue weighted by atomic mass is 10.3. The van der Waals surface area contributed by atoms with Crippen LogP contribution in [0.5, 0.6) is 5.75 Å². The predicted molar refractivity (Wildman–Crippen MR) is 59.6 cm³/mol. The molecule has 1 aliphatic heterocycles. The SMILES string of the molecule is Clc1ccc(OC[C@H]2CNCCO2)cc1. The van der Waals surface area contributed by atoms with Crippen molar-refractivity contribution in [2.75, 3.05) is 26.3 Å². The number of halogens is 1. The third kappa shape index (κ3) is 3.38. The molecule has 0 amide bonds. The van der Waals surface area contributed by atoms with E-state index in [0.29, 0.717) is 6.61 Å². The lowest BCUT2D eigenvalue weighted by Crippen LogP contribution is -2.41. The standard InChI is InChI=1S/C11H14ClNO2/c12-9-1-3-10(4-2-9)15-8-11-7-13-5-6-14-11/h1-4,11,13H,5-8H2/t11-/m1/s1. The van der Waals surface area contributed by atoms with Crippen molar-refractivity contribution < 1.29 is 9.47 Å². The van der Waals surface area contributed by atoms with Crippen LogP contribution in [-0.2, 0) is 4.74 Å². The van der Waals surface area contributed by atoms with Crippen LogP contribution in [0.4, 0.5) is 0 Å². The third-order valence-corrected chi connectivity index (χ3v) is 2.51. The van der Waals surface area contributed by atoms with E-state index in [4.69, 9.17) is 21.1 Å². The zero-order valence-corrected chi connectivity index (χ0v) is 9.17. The maximum Gasteiger partial charge on any atom is 0.119 e. The summed E-state index contributed by atoms with van der Waals surface area (Å²) < 4.78 is 11.1. The van der Waals surface area contributed by atoms with Gasteiger partial charge in [0.2, 0.25) is 0 Å². The molecular formula is C11H14ClNO2. The quantitative estimate of drug-likeness (QED) is 0.853. The molecule has 2 rings (SSSR count). The fourth-order valence-electron chi connectivity index (χ4n) is 1.45. The van der Waals surface area contributed by atoms with Gasteiger partial charge in [0, 0.05) is 18.1 Å². The van der Waals surface area contributed by atoms with Gasteiger partial charge in [-0.1, -0.05) is 11.6 Å². The van der Waals surface area contributed by atoms with E-state index in [1.807, 2.05) is 24.3 Å². The van der Waals surface area contributed by atoms with Gasteiger partial charge in [-0.05, 0) is 24.3 Å². The molecule has 1 heterocycles. The fourth-order valence-corrected chi connectivity index (χ4v) is 1.57. The van der Waals surface area contributed by atoms with Gasteiger partial charge in [-0.15, -0.1) is 0 Å². The van der Waals surface area contributed by atoms with Crippen molar-refractivity contribution in [3.63, 3.8) is 0 Å². The first kappa shape index (κ1) is 10.7. The minimum absolute atomic E-state index is 0.148. The van der Waals surface area contributed by atoms with Crippen molar-refractivity contribution in [3.05, 3.63) is 29.3 Å². The van der Waals surface area contributed by atoms with Gasteiger partial charge in [-0.25, -0.2) is 0 Å². The number of ether oxygens (including phenoxy) is 2. The first-order chi connectivity index (χ1) is 7.34. The Bertz CT molecular complexity index is 296. The zero-order valence-electron chi connectivity index (χ0n) is 8.41.